The molecule has 2 aromatic heterocycles. The summed E-state index contributed by atoms with van der Waals surface area (Å²) >= 11 is 0. The number of fused-ring (bicyclic) bond motifs is 1. The molecule has 102 valence electrons. The highest BCUT2D eigenvalue weighted by Crippen LogP contribution is 2.16. The Bertz CT molecular complexity index is 700. The van der Waals surface area contributed by atoms with Crippen LogP contribution in [0.4, 0.5) is 5.69 Å². The molecule has 20 heavy (non-hydrogen) atoms. The quantitative estimate of drug-likeness (QED) is 0.789. The van der Waals surface area contributed by atoms with E-state index in [1.54, 1.807) is 0 Å². The third-order valence-electron chi connectivity index (χ3n) is 3.71. The van der Waals surface area contributed by atoms with E-state index in [1.807, 2.05) is 23.6 Å². The van der Waals surface area contributed by atoms with Crippen molar-refractivity contribution in [3.63, 3.8) is 0 Å². The summed E-state index contributed by atoms with van der Waals surface area (Å²) in [5.74, 6) is 0. The summed E-state index contributed by atoms with van der Waals surface area (Å²) in [7, 11) is 0. The molecule has 0 amide bonds. The number of hydrogen-bond donors (Lipinski definition) is 1. The van der Waals surface area contributed by atoms with E-state index < -0.39 is 0 Å². The number of benzene rings is 1. The number of nitrogens with zero attached hydrogens (tertiary/aromatic N) is 2. The van der Waals surface area contributed by atoms with E-state index in [1.165, 1.54) is 11.1 Å². The van der Waals surface area contributed by atoms with Gasteiger partial charge in [-0.05, 0) is 36.1 Å². The minimum atomic E-state index is 0.800. The maximum absolute atomic E-state index is 5.93. The Morgan fingerprint density at radius 2 is 1.80 bits per heavy atom. The average Bonchev–Trinajstić information content (AvgIpc) is 2.81. The average molecular weight is 265 g/mol. The molecule has 0 saturated carbocycles. The number of rotatable bonds is 3. The number of hydrogen-bond acceptors (Lipinski definition) is 2. The van der Waals surface area contributed by atoms with Crippen LogP contribution in [0.1, 0.15) is 29.3 Å². The van der Waals surface area contributed by atoms with Crippen molar-refractivity contribution >= 4 is 11.3 Å². The normalized spacial score (nSPS) is 11.1. The van der Waals surface area contributed by atoms with Crippen LogP contribution in [0.5, 0.6) is 0 Å². The van der Waals surface area contributed by atoms with Gasteiger partial charge in [0.15, 0.2) is 0 Å². The maximum atomic E-state index is 5.93. The minimum absolute atomic E-state index is 0.800. The molecule has 0 radical (unpaired) electrons. The smallest absolute Gasteiger partial charge is 0.137 e. The lowest BCUT2D eigenvalue weighted by Gasteiger charge is -2.00. The molecule has 0 atom stereocenters. The molecule has 0 saturated heterocycles. The fraction of sp³-hybridized carbons (Fsp3) is 0.235. The van der Waals surface area contributed by atoms with Gasteiger partial charge in [0, 0.05) is 18.8 Å². The zero-order valence-electron chi connectivity index (χ0n) is 11.9. The second-order valence-electron chi connectivity index (χ2n) is 5.26. The molecular weight excluding hydrogens is 246 g/mol. The summed E-state index contributed by atoms with van der Waals surface area (Å²) in [5, 5.41) is 0. The van der Waals surface area contributed by atoms with E-state index in [0.717, 1.165) is 35.4 Å². The summed E-state index contributed by atoms with van der Waals surface area (Å²) in [4.78, 5) is 4.66. The second-order valence-corrected chi connectivity index (χ2v) is 5.26. The van der Waals surface area contributed by atoms with Crippen molar-refractivity contribution in [2.75, 3.05) is 5.73 Å². The zero-order chi connectivity index (χ0) is 14.1. The molecular formula is C17H19N3. The Balaban J connectivity index is 1.90. The van der Waals surface area contributed by atoms with Gasteiger partial charge in [-0.15, -0.1) is 0 Å². The second kappa shape index (κ2) is 5.00. The van der Waals surface area contributed by atoms with E-state index in [4.69, 9.17) is 5.73 Å². The number of aromatic nitrogens is 2. The van der Waals surface area contributed by atoms with E-state index in [0.29, 0.717) is 0 Å². The first-order valence-electron chi connectivity index (χ1n) is 6.97. The molecule has 3 nitrogen and oxygen atoms in total. The lowest BCUT2D eigenvalue weighted by atomic mass is 10.1. The first kappa shape index (κ1) is 12.7. The van der Waals surface area contributed by atoms with Gasteiger partial charge in [0.05, 0.1) is 11.4 Å². The summed E-state index contributed by atoms with van der Waals surface area (Å²) in [6, 6.07) is 10.8. The van der Waals surface area contributed by atoms with Crippen molar-refractivity contribution in [2.24, 2.45) is 0 Å². The Labute approximate surface area is 119 Å². The molecule has 2 heterocycles. The SMILES string of the molecule is CCc1ccc(Cc2cn3cc(N)c(C)cc3n2)cc1. The molecule has 2 N–H and O–H groups in total. The molecule has 0 aliphatic carbocycles. The molecule has 1 aromatic carbocycles. The van der Waals surface area contributed by atoms with Crippen LogP contribution in [0.2, 0.25) is 0 Å². The highest BCUT2D eigenvalue weighted by molar-refractivity contribution is 5.54. The van der Waals surface area contributed by atoms with E-state index >= 15 is 0 Å². The molecule has 0 aliphatic heterocycles. The number of anilines is 1. The lowest BCUT2D eigenvalue weighted by Crippen LogP contribution is -1.93. The van der Waals surface area contributed by atoms with Gasteiger partial charge in [-0.2, -0.15) is 0 Å². The first-order chi connectivity index (χ1) is 9.65. The van der Waals surface area contributed by atoms with Crippen LogP contribution in [-0.2, 0) is 12.8 Å². The summed E-state index contributed by atoms with van der Waals surface area (Å²) < 4.78 is 2.00. The van der Waals surface area contributed by atoms with Crippen LogP contribution in [0, 0.1) is 6.92 Å². The third-order valence-corrected chi connectivity index (χ3v) is 3.71. The van der Waals surface area contributed by atoms with Crippen LogP contribution < -0.4 is 5.73 Å². The van der Waals surface area contributed by atoms with Crippen molar-refractivity contribution in [2.45, 2.75) is 26.7 Å². The van der Waals surface area contributed by atoms with Crippen LogP contribution in [0.3, 0.4) is 0 Å². The van der Waals surface area contributed by atoms with Gasteiger partial charge >= 0.3 is 0 Å². The van der Waals surface area contributed by atoms with Crippen molar-refractivity contribution < 1.29 is 0 Å². The number of nitrogens with two attached hydrogens (primary N) is 1. The van der Waals surface area contributed by atoms with Crippen molar-refractivity contribution in [3.8, 4) is 0 Å². The fourth-order valence-electron chi connectivity index (χ4n) is 2.39. The van der Waals surface area contributed by atoms with Gasteiger partial charge in [-0.25, -0.2) is 4.98 Å². The predicted molar refractivity (Wildman–Crippen MR) is 83.0 cm³/mol. The molecule has 0 aliphatic rings. The van der Waals surface area contributed by atoms with E-state index in [2.05, 4.69) is 42.4 Å². The van der Waals surface area contributed by atoms with Crippen LogP contribution in [-0.4, -0.2) is 9.38 Å². The number of aryl methyl sites for hydroxylation is 2. The summed E-state index contributed by atoms with van der Waals surface area (Å²) in [5.41, 5.74) is 12.5. The monoisotopic (exact) mass is 265 g/mol. The summed E-state index contributed by atoms with van der Waals surface area (Å²) in [6.45, 7) is 4.18. The van der Waals surface area contributed by atoms with E-state index in [-0.39, 0.29) is 0 Å². The van der Waals surface area contributed by atoms with Crippen molar-refractivity contribution in [1.82, 2.24) is 9.38 Å². The lowest BCUT2D eigenvalue weighted by molar-refractivity contribution is 1.09. The van der Waals surface area contributed by atoms with Crippen molar-refractivity contribution in [1.29, 1.82) is 0 Å². The number of nitrogen functional groups attached to an aromatic ring is 1. The number of pyridine rings is 1. The van der Waals surface area contributed by atoms with Gasteiger partial charge in [-0.1, -0.05) is 31.2 Å². The van der Waals surface area contributed by atoms with Crippen LogP contribution in [0.25, 0.3) is 5.65 Å². The molecule has 0 bridgehead atoms. The van der Waals surface area contributed by atoms with E-state index in [9.17, 15) is 0 Å². The van der Waals surface area contributed by atoms with Gasteiger partial charge in [-0.3, -0.25) is 0 Å². The number of imidazole rings is 1. The summed E-state index contributed by atoms with van der Waals surface area (Å²) in [6.07, 6.45) is 5.91. The molecule has 3 heteroatoms. The Hall–Kier alpha value is -2.29. The topological polar surface area (TPSA) is 43.3 Å². The first-order valence-corrected chi connectivity index (χ1v) is 6.97. The molecule has 0 spiro atoms. The zero-order valence-corrected chi connectivity index (χ0v) is 11.9. The third kappa shape index (κ3) is 2.39. The molecule has 3 aromatic rings. The highest BCUT2D eigenvalue weighted by Gasteiger charge is 2.05. The predicted octanol–water partition coefficient (Wildman–Crippen LogP) is 3.38. The molecule has 0 fully saturated rings. The molecule has 3 rings (SSSR count). The van der Waals surface area contributed by atoms with Crippen LogP contribution >= 0.6 is 0 Å². The highest BCUT2D eigenvalue weighted by atomic mass is 15.0. The molecule has 0 unspecified atom stereocenters. The Morgan fingerprint density at radius 1 is 1.10 bits per heavy atom. The minimum Gasteiger partial charge on any atom is -0.397 e. The van der Waals surface area contributed by atoms with Crippen LogP contribution in [0.15, 0.2) is 42.7 Å². The Kier molecular flexibility index (Phi) is 3.18. The maximum Gasteiger partial charge on any atom is 0.137 e. The van der Waals surface area contributed by atoms with Crippen molar-refractivity contribution in [3.05, 3.63) is 65.1 Å². The fourth-order valence-corrected chi connectivity index (χ4v) is 2.39. The van der Waals surface area contributed by atoms with Gasteiger partial charge < -0.3 is 10.1 Å². The largest absolute Gasteiger partial charge is 0.397 e. The van der Waals surface area contributed by atoms with Gasteiger partial charge in [0.2, 0.25) is 0 Å². The standard InChI is InChI=1S/C17H19N3/c1-3-13-4-6-14(7-5-13)9-15-10-20-11-16(18)12(2)8-17(20)19-15/h4-8,10-11H,3,9,18H2,1-2H3. The Morgan fingerprint density at radius 3 is 2.50 bits per heavy atom. The van der Waals surface area contributed by atoms with Gasteiger partial charge in [0.1, 0.15) is 5.65 Å². The van der Waals surface area contributed by atoms with Gasteiger partial charge in [0.25, 0.3) is 0 Å².